The molecule has 0 radical (unpaired) electrons. The first-order chi connectivity index (χ1) is 12.3. The van der Waals surface area contributed by atoms with Crippen molar-refractivity contribution in [1.29, 1.82) is 5.26 Å². The van der Waals surface area contributed by atoms with E-state index in [0.29, 0.717) is 17.3 Å². The lowest BCUT2D eigenvalue weighted by molar-refractivity contribution is 0.853. The Balaban J connectivity index is 1.51. The molecular weight excluding hydrogens is 312 g/mol. The predicted octanol–water partition coefficient (Wildman–Crippen LogP) is 3.53. The molecule has 2 aromatic carbocycles. The van der Waals surface area contributed by atoms with E-state index in [4.69, 9.17) is 5.26 Å². The predicted molar refractivity (Wildman–Crippen MR) is 97.5 cm³/mol. The van der Waals surface area contributed by atoms with Gasteiger partial charge in [-0.1, -0.05) is 30.3 Å². The van der Waals surface area contributed by atoms with Crippen molar-refractivity contribution in [2.45, 2.75) is 12.8 Å². The minimum atomic E-state index is 0.415. The molecule has 0 aliphatic rings. The number of nitriles is 1. The number of rotatable bonds is 7. The van der Waals surface area contributed by atoms with Gasteiger partial charge in [0.15, 0.2) is 5.82 Å². The number of anilines is 3. The highest BCUT2D eigenvalue weighted by Gasteiger charge is 2.02. The highest BCUT2D eigenvalue weighted by atomic mass is 15.3. The molecule has 6 nitrogen and oxygen atoms in total. The summed E-state index contributed by atoms with van der Waals surface area (Å²) in [5.74, 6) is 1.09. The number of aryl methyl sites for hydroxylation is 1. The summed E-state index contributed by atoms with van der Waals surface area (Å²) in [5, 5.41) is 23.1. The molecule has 1 aromatic heterocycles. The SMILES string of the molecule is N#Cc1ccc(Nc2nncc(NCCCc3ccccc3)n2)cc1. The summed E-state index contributed by atoms with van der Waals surface area (Å²) in [6, 6.07) is 19.6. The third-order valence-electron chi connectivity index (χ3n) is 3.62. The molecule has 0 atom stereocenters. The second kappa shape index (κ2) is 8.41. The molecule has 3 aromatic rings. The third-order valence-corrected chi connectivity index (χ3v) is 3.62. The Morgan fingerprint density at radius 3 is 2.56 bits per heavy atom. The molecule has 0 spiro atoms. The number of nitrogens with zero attached hydrogens (tertiary/aromatic N) is 4. The fourth-order valence-corrected chi connectivity index (χ4v) is 2.35. The van der Waals surface area contributed by atoms with E-state index in [1.165, 1.54) is 5.56 Å². The van der Waals surface area contributed by atoms with Gasteiger partial charge in [-0.05, 0) is 42.7 Å². The van der Waals surface area contributed by atoms with Crippen LogP contribution in [-0.2, 0) is 6.42 Å². The third kappa shape index (κ3) is 5.01. The second-order valence-corrected chi connectivity index (χ2v) is 5.50. The Kier molecular flexibility index (Phi) is 5.52. The van der Waals surface area contributed by atoms with Crippen molar-refractivity contribution in [2.75, 3.05) is 17.2 Å². The number of nitrogens with one attached hydrogen (secondary N) is 2. The van der Waals surface area contributed by atoms with Crippen LogP contribution in [0.5, 0.6) is 0 Å². The van der Waals surface area contributed by atoms with E-state index in [0.717, 1.165) is 25.1 Å². The van der Waals surface area contributed by atoms with Crippen LogP contribution >= 0.6 is 0 Å². The first kappa shape index (κ1) is 16.4. The van der Waals surface area contributed by atoms with Crippen molar-refractivity contribution in [2.24, 2.45) is 0 Å². The quantitative estimate of drug-likeness (QED) is 0.645. The van der Waals surface area contributed by atoms with Gasteiger partial charge in [0.05, 0.1) is 17.8 Å². The van der Waals surface area contributed by atoms with Crippen LogP contribution in [0.3, 0.4) is 0 Å². The zero-order valence-electron chi connectivity index (χ0n) is 13.7. The Labute approximate surface area is 146 Å². The lowest BCUT2D eigenvalue weighted by Gasteiger charge is -2.08. The van der Waals surface area contributed by atoms with Gasteiger partial charge in [0, 0.05) is 12.2 Å². The van der Waals surface area contributed by atoms with Crippen LogP contribution in [0.2, 0.25) is 0 Å². The van der Waals surface area contributed by atoms with Crippen LogP contribution in [0.1, 0.15) is 17.5 Å². The highest BCUT2D eigenvalue weighted by Crippen LogP contribution is 2.14. The summed E-state index contributed by atoms with van der Waals surface area (Å²) in [7, 11) is 0. The molecule has 0 unspecified atom stereocenters. The Bertz CT molecular complexity index is 840. The lowest BCUT2D eigenvalue weighted by Crippen LogP contribution is -2.07. The molecular formula is C19H18N6. The Morgan fingerprint density at radius 2 is 1.80 bits per heavy atom. The van der Waals surface area contributed by atoms with Crippen LogP contribution in [0.25, 0.3) is 0 Å². The molecule has 0 fully saturated rings. The van der Waals surface area contributed by atoms with Gasteiger partial charge in [0.1, 0.15) is 0 Å². The average molecular weight is 330 g/mol. The minimum Gasteiger partial charge on any atom is -0.369 e. The van der Waals surface area contributed by atoms with Crippen LogP contribution < -0.4 is 10.6 Å². The second-order valence-electron chi connectivity index (χ2n) is 5.50. The summed E-state index contributed by atoms with van der Waals surface area (Å²) >= 11 is 0. The maximum Gasteiger partial charge on any atom is 0.249 e. The number of aromatic nitrogens is 3. The molecule has 0 saturated carbocycles. The van der Waals surface area contributed by atoms with Crippen LogP contribution in [0, 0.1) is 11.3 Å². The summed E-state index contributed by atoms with van der Waals surface area (Å²) < 4.78 is 0. The molecule has 25 heavy (non-hydrogen) atoms. The van der Waals surface area contributed by atoms with Gasteiger partial charge in [-0.2, -0.15) is 15.3 Å². The maximum atomic E-state index is 8.82. The molecule has 0 aliphatic carbocycles. The molecule has 0 aliphatic heterocycles. The normalized spacial score (nSPS) is 10.0. The van der Waals surface area contributed by atoms with E-state index in [2.05, 4.69) is 56.1 Å². The first-order valence-electron chi connectivity index (χ1n) is 8.08. The average Bonchev–Trinajstić information content (AvgIpc) is 2.67. The molecule has 2 N–H and O–H groups in total. The molecule has 1 heterocycles. The van der Waals surface area contributed by atoms with E-state index < -0.39 is 0 Å². The van der Waals surface area contributed by atoms with Gasteiger partial charge < -0.3 is 10.6 Å². The topological polar surface area (TPSA) is 86.5 Å². The number of hydrogen-bond donors (Lipinski definition) is 2. The van der Waals surface area contributed by atoms with Crippen LogP contribution in [0.4, 0.5) is 17.5 Å². The Morgan fingerprint density at radius 1 is 1.00 bits per heavy atom. The smallest absolute Gasteiger partial charge is 0.249 e. The fraction of sp³-hybridized carbons (Fsp3) is 0.158. The summed E-state index contributed by atoms with van der Waals surface area (Å²) in [6.07, 6.45) is 3.63. The van der Waals surface area contributed by atoms with Crippen molar-refractivity contribution >= 4 is 17.5 Å². The summed E-state index contributed by atoms with van der Waals surface area (Å²) in [5.41, 5.74) is 2.74. The number of hydrogen-bond acceptors (Lipinski definition) is 6. The zero-order valence-corrected chi connectivity index (χ0v) is 13.7. The zero-order chi connectivity index (χ0) is 17.3. The van der Waals surface area contributed by atoms with E-state index in [-0.39, 0.29) is 0 Å². The minimum absolute atomic E-state index is 0.415. The molecule has 0 amide bonds. The number of benzene rings is 2. The summed E-state index contributed by atoms with van der Waals surface area (Å²) in [6.45, 7) is 0.809. The van der Waals surface area contributed by atoms with Gasteiger partial charge in [-0.3, -0.25) is 0 Å². The highest BCUT2D eigenvalue weighted by molar-refractivity contribution is 5.55. The molecule has 6 heteroatoms. The molecule has 124 valence electrons. The van der Waals surface area contributed by atoms with E-state index in [9.17, 15) is 0 Å². The fourth-order valence-electron chi connectivity index (χ4n) is 2.35. The van der Waals surface area contributed by atoms with Crippen molar-refractivity contribution in [3.8, 4) is 6.07 Å². The van der Waals surface area contributed by atoms with Crippen LogP contribution in [-0.4, -0.2) is 21.7 Å². The summed E-state index contributed by atoms with van der Waals surface area (Å²) in [4.78, 5) is 4.39. The van der Waals surface area contributed by atoms with E-state index in [1.807, 2.05) is 18.2 Å². The molecule has 0 saturated heterocycles. The van der Waals surface area contributed by atoms with Crippen molar-refractivity contribution in [3.05, 3.63) is 71.9 Å². The van der Waals surface area contributed by atoms with Crippen molar-refractivity contribution in [3.63, 3.8) is 0 Å². The largest absolute Gasteiger partial charge is 0.369 e. The van der Waals surface area contributed by atoms with Crippen molar-refractivity contribution < 1.29 is 0 Å². The van der Waals surface area contributed by atoms with Gasteiger partial charge in [0.25, 0.3) is 0 Å². The standard InChI is InChI=1S/C19H18N6/c20-13-16-8-10-17(11-9-16)23-19-24-18(14-22-25-19)21-12-4-7-15-5-2-1-3-6-15/h1-3,5-6,8-11,14H,4,7,12H2,(H2,21,23,24,25). The molecule has 3 rings (SSSR count). The van der Waals surface area contributed by atoms with Gasteiger partial charge in [0.2, 0.25) is 5.95 Å². The Hall–Kier alpha value is -3.46. The van der Waals surface area contributed by atoms with Gasteiger partial charge in [-0.15, -0.1) is 5.10 Å². The van der Waals surface area contributed by atoms with Crippen LogP contribution in [0.15, 0.2) is 60.8 Å². The lowest BCUT2D eigenvalue weighted by atomic mass is 10.1. The van der Waals surface area contributed by atoms with E-state index >= 15 is 0 Å². The molecule has 0 bridgehead atoms. The monoisotopic (exact) mass is 330 g/mol. The maximum absolute atomic E-state index is 8.82. The van der Waals surface area contributed by atoms with Gasteiger partial charge >= 0.3 is 0 Å². The van der Waals surface area contributed by atoms with Crippen molar-refractivity contribution in [1.82, 2.24) is 15.2 Å². The van der Waals surface area contributed by atoms with Gasteiger partial charge in [-0.25, -0.2) is 0 Å². The first-order valence-corrected chi connectivity index (χ1v) is 8.08. The van der Waals surface area contributed by atoms with E-state index in [1.54, 1.807) is 18.3 Å².